The molecule has 13 heavy (non-hydrogen) atoms. The second-order valence-corrected chi connectivity index (χ2v) is 4.31. The molecule has 0 bridgehead atoms. The van der Waals surface area contributed by atoms with Gasteiger partial charge < -0.3 is 10.3 Å². The van der Waals surface area contributed by atoms with Gasteiger partial charge in [0.05, 0.1) is 12.0 Å². The third-order valence-electron chi connectivity index (χ3n) is 2.76. The van der Waals surface area contributed by atoms with E-state index in [0.717, 1.165) is 31.4 Å². The maximum absolute atomic E-state index is 5.99. The molecule has 1 aliphatic carbocycles. The van der Waals surface area contributed by atoms with Gasteiger partial charge in [-0.15, -0.1) is 0 Å². The quantitative estimate of drug-likeness (QED) is 0.802. The van der Waals surface area contributed by atoms with Gasteiger partial charge in [-0.1, -0.05) is 11.6 Å². The highest BCUT2D eigenvalue weighted by molar-refractivity contribution is 6.30. The monoisotopic (exact) mass is 199 g/mol. The van der Waals surface area contributed by atoms with Crippen LogP contribution in [0.3, 0.4) is 0 Å². The van der Waals surface area contributed by atoms with E-state index in [1.807, 2.05) is 11.6 Å². The molecule has 0 radical (unpaired) electrons. The average Bonchev–Trinajstić information content (AvgIpc) is 2.72. The predicted octanol–water partition coefficient (Wildman–Crippen LogP) is 1.50. The summed E-state index contributed by atoms with van der Waals surface area (Å²) >= 11 is 5.92. The molecule has 72 valence electrons. The van der Waals surface area contributed by atoms with Crippen LogP contribution >= 0.6 is 11.6 Å². The van der Waals surface area contributed by atoms with E-state index in [9.17, 15) is 0 Å². The fourth-order valence-corrected chi connectivity index (χ4v) is 1.76. The summed E-state index contributed by atoms with van der Waals surface area (Å²) in [5, 5.41) is 0.617. The fourth-order valence-electron chi connectivity index (χ4n) is 1.48. The second-order valence-electron chi connectivity index (χ2n) is 3.96. The number of imidazole rings is 1. The van der Waals surface area contributed by atoms with Gasteiger partial charge in [0.15, 0.2) is 0 Å². The number of aromatic nitrogens is 2. The molecule has 1 saturated carbocycles. The number of halogens is 1. The van der Waals surface area contributed by atoms with Crippen LogP contribution in [0.5, 0.6) is 0 Å². The van der Waals surface area contributed by atoms with Crippen molar-refractivity contribution < 1.29 is 0 Å². The number of hydrogen-bond acceptors (Lipinski definition) is 2. The molecule has 0 spiro atoms. The molecule has 2 rings (SSSR count). The normalized spacial score (nSPS) is 19.0. The first-order valence-electron chi connectivity index (χ1n) is 4.55. The lowest BCUT2D eigenvalue weighted by Gasteiger charge is -2.08. The van der Waals surface area contributed by atoms with Gasteiger partial charge in [0.1, 0.15) is 5.15 Å². The zero-order valence-electron chi connectivity index (χ0n) is 7.76. The van der Waals surface area contributed by atoms with E-state index in [4.69, 9.17) is 17.3 Å². The molecular formula is C9H14ClN3. The fraction of sp³-hybridized carbons (Fsp3) is 0.667. The molecule has 0 aliphatic heterocycles. The first-order chi connectivity index (χ1) is 6.11. The average molecular weight is 200 g/mol. The molecule has 4 heteroatoms. The summed E-state index contributed by atoms with van der Waals surface area (Å²) < 4.78 is 1.97. The minimum atomic E-state index is 0.105. The van der Waals surface area contributed by atoms with Gasteiger partial charge in [0, 0.05) is 12.6 Å². The van der Waals surface area contributed by atoms with Gasteiger partial charge in [-0.25, -0.2) is 4.98 Å². The van der Waals surface area contributed by atoms with Gasteiger partial charge >= 0.3 is 0 Å². The van der Waals surface area contributed by atoms with Crippen LogP contribution < -0.4 is 5.73 Å². The lowest BCUT2D eigenvalue weighted by Crippen LogP contribution is -2.22. The van der Waals surface area contributed by atoms with Crippen molar-refractivity contribution in [1.82, 2.24) is 9.55 Å². The first-order valence-corrected chi connectivity index (χ1v) is 4.93. The molecule has 1 heterocycles. The van der Waals surface area contributed by atoms with E-state index in [1.54, 1.807) is 6.33 Å². The number of rotatable bonds is 3. The zero-order chi connectivity index (χ0) is 9.47. The zero-order valence-corrected chi connectivity index (χ0v) is 8.51. The Kier molecular flexibility index (Phi) is 2.08. The molecule has 1 aliphatic rings. The lowest BCUT2D eigenvalue weighted by atomic mass is 10.1. The van der Waals surface area contributed by atoms with Gasteiger partial charge in [0.25, 0.3) is 0 Å². The minimum absolute atomic E-state index is 0.105. The van der Waals surface area contributed by atoms with Crippen molar-refractivity contribution in [1.29, 1.82) is 0 Å². The Balaban J connectivity index is 2.00. The SMILES string of the molecule is Cn1cnc(Cl)c1CCC1(N)CC1. The highest BCUT2D eigenvalue weighted by atomic mass is 35.5. The predicted molar refractivity (Wildman–Crippen MR) is 52.7 cm³/mol. The molecule has 1 aromatic heterocycles. The van der Waals surface area contributed by atoms with E-state index in [1.165, 1.54) is 0 Å². The minimum Gasteiger partial charge on any atom is -0.336 e. The maximum atomic E-state index is 5.99. The van der Waals surface area contributed by atoms with Crippen LogP contribution in [-0.2, 0) is 13.5 Å². The van der Waals surface area contributed by atoms with Crippen LogP contribution in [0.1, 0.15) is 25.0 Å². The highest BCUT2D eigenvalue weighted by Crippen LogP contribution is 2.36. The standard InChI is InChI=1S/C9H14ClN3/c1-13-6-12-8(10)7(13)2-3-9(11)4-5-9/h6H,2-5,11H2,1H3. The Labute approximate surface area is 82.9 Å². The van der Waals surface area contributed by atoms with Gasteiger partial charge in [-0.3, -0.25) is 0 Å². The Morgan fingerprint density at radius 3 is 2.85 bits per heavy atom. The third-order valence-corrected chi connectivity index (χ3v) is 3.08. The van der Waals surface area contributed by atoms with E-state index < -0.39 is 0 Å². The van der Waals surface area contributed by atoms with E-state index in [0.29, 0.717) is 5.15 Å². The molecule has 1 fully saturated rings. The topological polar surface area (TPSA) is 43.8 Å². The molecule has 0 atom stereocenters. The summed E-state index contributed by atoms with van der Waals surface area (Å²) in [6, 6.07) is 0. The lowest BCUT2D eigenvalue weighted by molar-refractivity contribution is 0.594. The van der Waals surface area contributed by atoms with Crippen LogP contribution in [0.15, 0.2) is 6.33 Å². The van der Waals surface area contributed by atoms with Crippen molar-refractivity contribution in [3.05, 3.63) is 17.2 Å². The van der Waals surface area contributed by atoms with Crippen LogP contribution in [0.25, 0.3) is 0 Å². The van der Waals surface area contributed by atoms with Crippen molar-refractivity contribution in [3.63, 3.8) is 0 Å². The van der Waals surface area contributed by atoms with Gasteiger partial charge in [-0.2, -0.15) is 0 Å². The number of nitrogens with zero attached hydrogens (tertiary/aromatic N) is 2. The number of aryl methyl sites for hydroxylation is 1. The molecule has 0 amide bonds. The maximum Gasteiger partial charge on any atom is 0.150 e. The largest absolute Gasteiger partial charge is 0.336 e. The number of hydrogen-bond donors (Lipinski definition) is 1. The Morgan fingerprint density at radius 2 is 2.38 bits per heavy atom. The summed E-state index contributed by atoms with van der Waals surface area (Å²) in [5.41, 5.74) is 7.19. The highest BCUT2D eigenvalue weighted by Gasteiger charge is 2.37. The first kappa shape index (κ1) is 9.03. The molecule has 0 unspecified atom stereocenters. The summed E-state index contributed by atoms with van der Waals surface area (Å²) in [6.45, 7) is 0. The molecular weight excluding hydrogens is 186 g/mol. The van der Waals surface area contributed by atoms with Crippen LogP contribution in [-0.4, -0.2) is 15.1 Å². The van der Waals surface area contributed by atoms with Gasteiger partial charge in [-0.05, 0) is 25.7 Å². The third kappa shape index (κ3) is 1.86. The van der Waals surface area contributed by atoms with Crippen molar-refractivity contribution in [2.75, 3.05) is 0 Å². The smallest absolute Gasteiger partial charge is 0.150 e. The molecule has 1 aromatic rings. The molecule has 0 aromatic carbocycles. The van der Waals surface area contributed by atoms with Crippen LogP contribution in [0.2, 0.25) is 5.15 Å². The Hall–Kier alpha value is -0.540. The van der Waals surface area contributed by atoms with Gasteiger partial charge in [0.2, 0.25) is 0 Å². The summed E-state index contributed by atoms with van der Waals surface area (Å²) in [6.07, 6.45) is 6.01. The van der Waals surface area contributed by atoms with E-state index in [2.05, 4.69) is 4.98 Å². The van der Waals surface area contributed by atoms with Crippen molar-refractivity contribution in [2.45, 2.75) is 31.2 Å². The second kappa shape index (κ2) is 3.00. The van der Waals surface area contributed by atoms with E-state index >= 15 is 0 Å². The summed E-state index contributed by atoms with van der Waals surface area (Å²) in [5.74, 6) is 0. The summed E-state index contributed by atoms with van der Waals surface area (Å²) in [4.78, 5) is 4.02. The Morgan fingerprint density at radius 1 is 1.69 bits per heavy atom. The molecule has 2 N–H and O–H groups in total. The molecule has 0 saturated heterocycles. The van der Waals surface area contributed by atoms with Crippen molar-refractivity contribution in [2.24, 2.45) is 12.8 Å². The van der Waals surface area contributed by atoms with Crippen LogP contribution in [0.4, 0.5) is 0 Å². The number of nitrogens with two attached hydrogens (primary N) is 1. The molecule has 3 nitrogen and oxygen atoms in total. The van der Waals surface area contributed by atoms with Crippen LogP contribution in [0, 0.1) is 0 Å². The van der Waals surface area contributed by atoms with E-state index in [-0.39, 0.29) is 5.54 Å². The Bertz CT molecular complexity index is 295. The van der Waals surface area contributed by atoms with Crippen molar-refractivity contribution in [3.8, 4) is 0 Å². The summed E-state index contributed by atoms with van der Waals surface area (Å²) in [7, 11) is 1.96. The van der Waals surface area contributed by atoms with Crippen molar-refractivity contribution >= 4 is 11.6 Å².